The number of nitrogens with zero attached hydrogens (tertiary/aromatic N) is 3. The van der Waals surface area contributed by atoms with Gasteiger partial charge in [-0.05, 0) is 43.5 Å². The zero-order valence-corrected chi connectivity index (χ0v) is 16.2. The van der Waals surface area contributed by atoms with Gasteiger partial charge in [-0.2, -0.15) is 0 Å². The van der Waals surface area contributed by atoms with Crippen molar-refractivity contribution in [2.24, 2.45) is 0 Å². The fourth-order valence-corrected chi connectivity index (χ4v) is 3.32. The molecule has 0 saturated heterocycles. The summed E-state index contributed by atoms with van der Waals surface area (Å²) in [5, 5.41) is 11.2. The molecule has 3 rings (SSSR count). The first-order valence-corrected chi connectivity index (χ1v) is 9.40. The summed E-state index contributed by atoms with van der Waals surface area (Å²) in [6, 6.07) is 11.3. The van der Waals surface area contributed by atoms with Gasteiger partial charge < -0.3 is 9.30 Å². The van der Waals surface area contributed by atoms with Crippen LogP contribution in [0.3, 0.4) is 0 Å². The second kappa shape index (κ2) is 8.39. The highest BCUT2D eigenvalue weighted by atomic mass is 35.5. The number of fused-ring (bicyclic) bond motifs is 1. The minimum absolute atomic E-state index is 0.121. The number of nitro benzene ring substituents is 1. The molecule has 0 aliphatic carbocycles. The van der Waals surface area contributed by atoms with E-state index in [1.165, 1.54) is 6.07 Å². The van der Waals surface area contributed by atoms with Crippen LogP contribution in [-0.4, -0.2) is 21.1 Å². The summed E-state index contributed by atoms with van der Waals surface area (Å²) < 4.78 is 7.96. The highest BCUT2D eigenvalue weighted by molar-refractivity contribution is 6.33. The first-order chi connectivity index (χ1) is 13.0. The molecule has 0 fully saturated rings. The molecule has 0 amide bonds. The Morgan fingerprint density at radius 3 is 2.78 bits per heavy atom. The molecule has 0 aliphatic rings. The third-order valence-electron chi connectivity index (χ3n) is 4.50. The zero-order valence-electron chi connectivity index (χ0n) is 15.4. The Labute approximate surface area is 162 Å². The van der Waals surface area contributed by atoms with Gasteiger partial charge in [0.2, 0.25) is 0 Å². The number of para-hydroxylation sites is 2. The minimum Gasteiger partial charge on any atom is -0.493 e. The van der Waals surface area contributed by atoms with E-state index in [-0.39, 0.29) is 10.7 Å². The van der Waals surface area contributed by atoms with E-state index >= 15 is 0 Å². The van der Waals surface area contributed by atoms with E-state index in [0.717, 1.165) is 42.7 Å². The maximum Gasteiger partial charge on any atom is 0.291 e. The van der Waals surface area contributed by atoms with Crippen LogP contribution in [0.25, 0.3) is 11.0 Å². The topological polar surface area (TPSA) is 70.2 Å². The molecule has 0 spiro atoms. The van der Waals surface area contributed by atoms with E-state index in [9.17, 15) is 10.1 Å². The number of nitro groups is 1. The summed E-state index contributed by atoms with van der Waals surface area (Å²) in [7, 11) is 0. The van der Waals surface area contributed by atoms with Gasteiger partial charge in [0.15, 0.2) is 0 Å². The van der Waals surface area contributed by atoms with Crippen molar-refractivity contribution in [3.8, 4) is 5.75 Å². The molecule has 0 atom stereocenters. The average molecular weight is 388 g/mol. The minimum atomic E-state index is -0.487. The lowest BCUT2D eigenvalue weighted by molar-refractivity contribution is -0.384. The first kappa shape index (κ1) is 19.2. The van der Waals surface area contributed by atoms with Crippen LogP contribution in [0, 0.1) is 17.0 Å². The number of halogens is 1. The van der Waals surface area contributed by atoms with Crippen LogP contribution < -0.4 is 4.74 Å². The predicted octanol–water partition coefficient (Wildman–Crippen LogP) is 5.33. The van der Waals surface area contributed by atoms with Crippen molar-refractivity contribution >= 4 is 28.3 Å². The molecule has 0 saturated carbocycles. The molecule has 3 aromatic rings. The molecule has 0 N–H and O–H groups in total. The SMILES string of the molecule is CCc1nc2ccccc2n1CCCCOc1cc(C)c(Cl)c([N+](=O)[O-])c1. The first-order valence-electron chi connectivity index (χ1n) is 9.02. The Hall–Kier alpha value is -2.60. The Balaban J connectivity index is 1.58. The van der Waals surface area contributed by atoms with Crippen LogP contribution >= 0.6 is 11.6 Å². The molecule has 0 unspecified atom stereocenters. The van der Waals surface area contributed by atoms with Crippen molar-refractivity contribution in [3.63, 3.8) is 0 Å². The predicted molar refractivity (Wildman–Crippen MR) is 107 cm³/mol. The normalized spacial score (nSPS) is 11.1. The number of aromatic nitrogens is 2. The number of ether oxygens (including phenoxy) is 1. The number of unbranched alkanes of at least 4 members (excludes halogenated alkanes) is 1. The number of benzene rings is 2. The Bertz CT molecular complexity index is 969. The fraction of sp³-hybridized carbons (Fsp3) is 0.350. The summed E-state index contributed by atoms with van der Waals surface area (Å²) in [5.41, 5.74) is 2.69. The van der Waals surface area contributed by atoms with Crippen molar-refractivity contribution in [2.45, 2.75) is 39.7 Å². The lowest BCUT2D eigenvalue weighted by atomic mass is 10.2. The van der Waals surface area contributed by atoms with E-state index < -0.39 is 4.92 Å². The number of rotatable bonds is 8. The molecule has 0 aliphatic heterocycles. The van der Waals surface area contributed by atoms with Gasteiger partial charge in [0, 0.05) is 13.0 Å². The summed E-state index contributed by atoms with van der Waals surface area (Å²) in [4.78, 5) is 15.2. The fourth-order valence-electron chi connectivity index (χ4n) is 3.14. The smallest absolute Gasteiger partial charge is 0.291 e. The molecule has 142 valence electrons. The second-order valence-electron chi connectivity index (χ2n) is 6.41. The number of imidazole rings is 1. The molecule has 27 heavy (non-hydrogen) atoms. The maximum absolute atomic E-state index is 11.1. The standard InChI is InChI=1S/C20H22ClN3O3/c1-3-19-22-16-8-4-5-9-17(16)23(19)10-6-7-11-27-15-12-14(2)20(21)18(13-15)24(25)26/h4-5,8-9,12-13H,3,6-7,10-11H2,1-2H3. The van der Waals surface area contributed by atoms with Gasteiger partial charge in [0.25, 0.3) is 5.69 Å². The number of hydrogen-bond acceptors (Lipinski definition) is 4. The Morgan fingerprint density at radius 1 is 1.26 bits per heavy atom. The Kier molecular flexibility index (Phi) is 5.96. The molecule has 6 nitrogen and oxygen atoms in total. The molecule has 0 bridgehead atoms. The van der Waals surface area contributed by atoms with E-state index in [1.807, 2.05) is 18.2 Å². The van der Waals surface area contributed by atoms with E-state index in [4.69, 9.17) is 16.3 Å². The van der Waals surface area contributed by atoms with Crippen LogP contribution in [0.4, 0.5) is 5.69 Å². The summed E-state index contributed by atoms with van der Waals surface area (Å²) in [6.07, 6.45) is 2.66. The van der Waals surface area contributed by atoms with Gasteiger partial charge >= 0.3 is 0 Å². The monoisotopic (exact) mass is 387 g/mol. The van der Waals surface area contributed by atoms with Crippen molar-refractivity contribution < 1.29 is 9.66 Å². The van der Waals surface area contributed by atoms with E-state index in [0.29, 0.717) is 17.9 Å². The van der Waals surface area contributed by atoms with Crippen molar-refractivity contribution in [1.29, 1.82) is 0 Å². The lowest BCUT2D eigenvalue weighted by Gasteiger charge is -2.10. The van der Waals surface area contributed by atoms with Crippen LogP contribution in [0.1, 0.15) is 31.2 Å². The van der Waals surface area contributed by atoms with Gasteiger partial charge in [0.05, 0.1) is 28.6 Å². The van der Waals surface area contributed by atoms with Crippen LogP contribution in [-0.2, 0) is 13.0 Å². The van der Waals surface area contributed by atoms with Gasteiger partial charge in [-0.25, -0.2) is 4.98 Å². The summed E-state index contributed by atoms with van der Waals surface area (Å²) in [5.74, 6) is 1.56. The van der Waals surface area contributed by atoms with E-state index in [2.05, 4.69) is 22.5 Å². The number of aryl methyl sites for hydroxylation is 3. The molecular weight excluding hydrogens is 366 g/mol. The molecule has 1 aromatic heterocycles. The molecule has 7 heteroatoms. The highest BCUT2D eigenvalue weighted by Crippen LogP contribution is 2.32. The largest absolute Gasteiger partial charge is 0.493 e. The lowest BCUT2D eigenvalue weighted by Crippen LogP contribution is -2.05. The van der Waals surface area contributed by atoms with Crippen LogP contribution in [0.2, 0.25) is 5.02 Å². The molecular formula is C20H22ClN3O3. The van der Waals surface area contributed by atoms with Gasteiger partial charge in [0.1, 0.15) is 16.6 Å². The maximum atomic E-state index is 11.1. The Morgan fingerprint density at radius 2 is 2.04 bits per heavy atom. The summed E-state index contributed by atoms with van der Waals surface area (Å²) in [6.45, 7) is 5.20. The number of hydrogen-bond donors (Lipinski definition) is 0. The zero-order chi connectivity index (χ0) is 19.4. The summed E-state index contributed by atoms with van der Waals surface area (Å²) >= 11 is 5.97. The third-order valence-corrected chi connectivity index (χ3v) is 4.99. The quantitative estimate of drug-likeness (QED) is 0.297. The van der Waals surface area contributed by atoms with Gasteiger partial charge in [-0.15, -0.1) is 0 Å². The molecule has 1 heterocycles. The van der Waals surface area contributed by atoms with Crippen molar-refractivity contribution in [1.82, 2.24) is 9.55 Å². The molecule has 2 aromatic carbocycles. The average Bonchev–Trinajstić information content (AvgIpc) is 3.01. The van der Waals surface area contributed by atoms with Gasteiger partial charge in [-0.3, -0.25) is 10.1 Å². The molecule has 0 radical (unpaired) electrons. The van der Waals surface area contributed by atoms with Crippen molar-refractivity contribution in [3.05, 3.63) is 62.9 Å². The van der Waals surface area contributed by atoms with Gasteiger partial charge in [-0.1, -0.05) is 30.7 Å². The van der Waals surface area contributed by atoms with Crippen LogP contribution in [0.5, 0.6) is 5.75 Å². The van der Waals surface area contributed by atoms with Crippen LogP contribution in [0.15, 0.2) is 36.4 Å². The highest BCUT2D eigenvalue weighted by Gasteiger charge is 2.16. The third kappa shape index (κ3) is 4.22. The van der Waals surface area contributed by atoms with E-state index in [1.54, 1.807) is 13.0 Å². The second-order valence-corrected chi connectivity index (χ2v) is 6.79. The van der Waals surface area contributed by atoms with Crippen molar-refractivity contribution in [2.75, 3.05) is 6.61 Å².